The minimum atomic E-state index is -1.29. The molecule has 1 rings (SSSR count). The summed E-state index contributed by atoms with van der Waals surface area (Å²) in [6.45, 7) is 3.49. The topological polar surface area (TPSA) is 98.7 Å². The molecule has 0 aliphatic carbocycles. The van der Waals surface area contributed by atoms with Crippen molar-refractivity contribution in [2.24, 2.45) is 0 Å². The van der Waals surface area contributed by atoms with E-state index >= 15 is 0 Å². The molecule has 0 aliphatic rings. The van der Waals surface area contributed by atoms with Crippen molar-refractivity contribution in [1.29, 1.82) is 0 Å². The van der Waals surface area contributed by atoms with Gasteiger partial charge in [0, 0.05) is 10.7 Å². The van der Waals surface area contributed by atoms with Crippen molar-refractivity contribution in [2.75, 3.05) is 11.9 Å². The second-order valence-corrected chi connectivity index (χ2v) is 3.90. The normalized spacial score (nSPS) is 9.61. The van der Waals surface area contributed by atoms with Gasteiger partial charge in [0.1, 0.15) is 11.3 Å². The zero-order valence-corrected chi connectivity index (χ0v) is 9.99. The van der Waals surface area contributed by atoms with Crippen LogP contribution in [-0.2, 0) is 0 Å². The number of carbonyl (C=O) groups excluding carboxylic acids is 1. The van der Waals surface area contributed by atoms with E-state index in [2.05, 4.69) is 17.2 Å². The smallest absolute Gasteiger partial charge is 0.339 e. The van der Waals surface area contributed by atoms with Gasteiger partial charge in [-0.1, -0.05) is 18.2 Å². The molecule has 1 aromatic carbocycles. The Kier molecular flexibility index (Phi) is 4.56. The van der Waals surface area contributed by atoms with E-state index in [0.29, 0.717) is 0 Å². The van der Waals surface area contributed by atoms with Crippen LogP contribution in [0.1, 0.15) is 10.4 Å². The average molecular weight is 271 g/mol. The Bertz CT molecular complexity index is 502. The minimum Gasteiger partial charge on any atom is -0.507 e. The third-order valence-corrected chi connectivity index (χ3v) is 2.06. The van der Waals surface area contributed by atoms with Gasteiger partial charge >= 0.3 is 12.0 Å². The van der Waals surface area contributed by atoms with Gasteiger partial charge in [-0.3, -0.25) is 0 Å². The van der Waals surface area contributed by atoms with E-state index in [-0.39, 0.29) is 28.6 Å². The van der Waals surface area contributed by atoms with Gasteiger partial charge in [-0.15, -0.1) is 0 Å². The second-order valence-electron chi connectivity index (χ2n) is 3.36. The molecule has 7 heteroatoms. The Morgan fingerprint density at radius 2 is 2.06 bits per heavy atom. The molecule has 0 aromatic heterocycles. The zero-order chi connectivity index (χ0) is 13.7. The number of hydrogen-bond acceptors (Lipinski definition) is 3. The quantitative estimate of drug-likeness (QED) is 0.629. The Hall–Kier alpha value is -2.21. The molecule has 0 radical (unpaired) electrons. The number of hydrogen-bond donors (Lipinski definition) is 4. The molecule has 0 saturated carbocycles. The summed E-state index contributed by atoms with van der Waals surface area (Å²) in [5, 5.41) is 23.1. The number of amides is 2. The summed E-state index contributed by atoms with van der Waals surface area (Å²) in [5.41, 5.74) is -0.0579. The first-order chi connectivity index (χ1) is 8.40. The lowest BCUT2D eigenvalue weighted by Gasteiger charge is -2.08. The monoisotopic (exact) mass is 270 g/mol. The fourth-order valence-corrected chi connectivity index (χ4v) is 1.20. The molecule has 1 aromatic rings. The fourth-order valence-electron chi connectivity index (χ4n) is 1.14. The summed E-state index contributed by atoms with van der Waals surface area (Å²) in [7, 11) is 0. The molecule has 2 amide bonds. The van der Waals surface area contributed by atoms with Gasteiger partial charge in [-0.2, -0.15) is 0 Å². The van der Waals surface area contributed by atoms with E-state index in [1.807, 2.05) is 0 Å². The standard InChI is InChI=1S/C11H11ClN2O4/c1-6(12)5-13-11(18)14-7-2-3-9(15)8(4-7)10(16)17/h2-4,15H,1,5H2,(H,16,17)(H2,13,14,18). The van der Waals surface area contributed by atoms with Gasteiger partial charge in [0.2, 0.25) is 0 Å². The molecule has 6 nitrogen and oxygen atoms in total. The third kappa shape index (κ3) is 3.99. The molecule has 0 fully saturated rings. The number of carboxylic acids is 1. The number of aromatic hydroxyl groups is 1. The summed E-state index contributed by atoms with van der Waals surface area (Å²) in [6, 6.07) is 3.14. The number of urea groups is 1. The minimum absolute atomic E-state index is 0.0945. The zero-order valence-electron chi connectivity index (χ0n) is 9.24. The van der Waals surface area contributed by atoms with Gasteiger partial charge < -0.3 is 20.8 Å². The Balaban J connectivity index is 2.73. The van der Waals surface area contributed by atoms with E-state index < -0.39 is 12.0 Å². The summed E-state index contributed by atoms with van der Waals surface area (Å²) in [4.78, 5) is 22.1. The Morgan fingerprint density at radius 1 is 1.39 bits per heavy atom. The molecule has 0 bridgehead atoms. The number of phenols is 1. The molecule has 0 atom stereocenters. The van der Waals surface area contributed by atoms with Gasteiger partial charge in [0.25, 0.3) is 0 Å². The second kappa shape index (κ2) is 5.92. The lowest BCUT2D eigenvalue weighted by molar-refractivity contribution is 0.0693. The molecule has 0 unspecified atom stereocenters. The summed E-state index contributed by atoms with van der Waals surface area (Å²) < 4.78 is 0. The molecular formula is C11H11ClN2O4. The first-order valence-corrected chi connectivity index (χ1v) is 5.22. The van der Waals surface area contributed by atoms with Crippen LogP contribution < -0.4 is 10.6 Å². The lowest BCUT2D eigenvalue weighted by atomic mass is 10.2. The van der Waals surface area contributed by atoms with Crippen LogP contribution in [0.25, 0.3) is 0 Å². The van der Waals surface area contributed by atoms with Gasteiger partial charge in [-0.25, -0.2) is 9.59 Å². The highest BCUT2D eigenvalue weighted by Crippen LogP contribution is 2.21. The number of nitrogens with one attached hydrogen (secondary N) is 2. The van der Waals surface area contributed by atoms with Crippen molar-refractivity contribution >= 4 is 29.3 Å². The fraction of sp³-hybridized carbons (Fsp3) is 0.0909. The number of carboxylic acid groups (broad SMARTS) is 1. The highest BCUT2D eigenvalue weighted by Gasteiger charge is 2.11. The van der Waals surface area contributed by atoms with Crippen molar-refractivity contribution in [3.05, 3.63) is 35.4 Å². The average Bonchev–Trinajstić information content (AvgIpc) is 2.28. The maximum atomic E-state index is 11.4. The molecule has 0 aliphatic heterocycles. The highest BCUT2D eigenvalue weighted by molar-refractivity contribution is 6.29. The molecule has 0 saturated heterocycles. The van der Waals surface area contributed by atoms with Crippen molar-refractivity contribution in [2.45, 2.75) is 0 Å². The van der Waals surface area contributed by atoms with Crippen molar-refractivity contribution in [1.82, 2.24) is 5.32 Å². The number of rotatable bonds is 4. The van der Waals surface area contributed by atoms with Crippen LogP contribution in [0.5, 0.6) is 5.75 Å². The van der Waals surface area contributed by atoms with Gasteiger partial charge in [-0.05, 0) is 18.2 Å². The van der Waals surface area contributed by atoms with Crippen LogP contribution in [0, 0.1) is 0 Å². The molecule has 4 N–H and O–H groups in total. The van der Waals surface area contributed by atoms with Crippen LogP contribution in [-0.4, -0.2) is 28.8 Å². The van der Waals surface area contributed by atoms with Crippen molar-refractivity contribution < 1.29 is 19.8 Å². The van der Waals surface area contributed by atoms with Crippen LogP contribution in [0.4, 0.5) is 10.5 Å². The number of benzene rings is 1. The number of halogens is 1. The van der Waals surface area contributed by atoms with Gasteiger partial charge in [0.05, 0.1) is 6.54 Å². The molecule has 0 spiro atoms. The first kappa shape index (κ1) is 13.9. The third-order valence-electron chi connectivity index (χ3n) is 1.93. The van der Waals surface area contributed by atoms with Crippen LogP contribution in [0.15, 0.2) is 29.8 Å². The van der Waals surface area contributed by atoms with Crippen molar-refractivity contribution in [3.63, 3.8) is 0 Å². The van der Waals surface area contributed by atoms with Crippen molar-refractivity contribution in [3.8, 4) is 5.75 Å². The molecule has 0 heterocycles. The first-order valence-electron chi connectivity index (χ1n) is 4.84. The van der Waals surface area contributed by atoms with Gasteiger partial charge in [0.15, 0.2) is 0 Å². The van der Waals surface area contributed by atoms with Crippen LogP contribution in [0.3, 0.4) is 0 Å². The highest BCUT2D eigenvalue weighted by atomic mass is 35.5. The number of anilines is 1. The predicted octanol–water partition coefficient (Wildman–Crippen LogP) is 1.96. The van der Waals surface area contributed by atoms with E-state index in [1.54, 1.807) is 0 Å². The number of carbonyl (C=O) groups is 2. The van der Waals surface area contributed by atoms with E-state index in [0.717, 1.165) is 6.07 Å². The van der Waals surface area contributed by atoms with E-state index in [4.69, 9.17) is 16.7 Å². The summed E-state index contributed by atoms with van der Waals surface area (Å²) >= 11 is 5.46. The van der Waals surface area contributed by atoms with Crippen LogP contribution in [0.2, 0.25) is 0 Å². The molecule has 96 valence electrons. The number of aromatic carboxylic acids is 1. The summed E-state index contributed by atoms with van der Waals surface area (Å²) in [6.07, 6.45) is 0. The SMILES string of the molecule is C=C(Cl)CNC(=O)Nc1ccc(O)c(C(=O)O)c1. The predicted molar refractivity (Wildman–Crippen MR) is 67.1 cm³/mol. The Labute approximate surface area is 108 Å². The lowest BCUT2D eigenvalue weighted by Crippen LogP contribution is -2.29. The molecule has 18 heavy (non-hydrogen) atoms. The Morgan fingerprint density at radius 3 is 2.61 bits per heavy atom. The van der Waals surface area contributed by atoms with Crippen LogP contribution >= 0.6 is 11.6 Å². The maximum absolute atomic E-state index is 11.4. The molecular weight excluding hydrogens is 260 g/mol. The largest absolute Gasteiger partial charge is 0.507 e. The summed E-state index contributed by atoms with van der Waals surface area (Å²) in [5.74, 6) is -1.66. The van der Waals surface area contributed by atoms with E-state index in [9.17, 15) is 14.7 Å². The van der Waals surface area contributed by atoms with E-state index in [1.165, 1.54) is 12.1 Å². The maximum Gasteiger partial charge on any atom is 0.339 e.